The smallest absolute Gasteiger partial charge is 0.416 e. The van der Waals surface area contributed by atoms with Gasteiger partial charge in [0.25, 0.3) is 5.19 Å². The molecule has 0 saturated heterocycles. The molecule has 4 nitrogen and oxygen atoms in total. The largest absolute Gasteiger partial charge is 0.430 e. The van der Waals surface area contributed by atoms with E-state index < -0.39 is 11.7 Å². The Labute approximate surface area is 124 Å². The number of rotatable bonds is 6. The molecule has 0 saturated carbocycles. The van der Waals surface area contributed by atoms with Crippen molar-refractivity contribution in [3.8, 4) is 10.9 Å². The van der Waals surface area contributed by atoms with Crippen molar-refractivity contribution in [2.24, 2.45) is 0 Å². The van der Waals surface area contributed by atoms with Crippen LogP contribution in [-0.2, 0) is 12.7 Å². The highest BCUT2D eigenvalue weighted by Crippen LogP contribution is 2.31. The van der Waals surface area contributed by atoms with Gasteiger partial charge >= 0.3 is 6.18 Å². The van der Waals surface area contributed by atoms with Crippen molar-refractivity contribution in [2.45, 2.75) is 26.1 Å². The highest BCUT2D eigenvalue weighted by Gasteiger charge is 2.30. The first-order chi connectivity index (χ1) is 9.99. The second-order valence-corrected chi connectivity index (χ2v) is 5.29. The van der Waals surface area contributed by atoms with Gasteiger partial charge in [-0.1, -0.05) is 23.4 Å². The standard InChI is InChI=1S/C13H14F3N3OS/c1-2-7-17-8-11-18-19-12(21-11)20-10-5-3-9(4-6-10)13(14,15)16/h3-6,17H,2,7-8H2,1H3. The first-order valence-electron chi connectivity index (χ1n) is 6.37. The maximum atomic E-state index is 12.4. The molecule has 1 aromatic carbocycles. The fourth-order valence-corrected chi connectivity index (χ4v) is 2.21. The summed E-state index contributed by atoms with van der Waals surface area (Å²) in [6.07, 6.45) is -3.33. The van der Waals surface area contributed by atoms with Gasteiger partial charge in [0.05, 0.1) is 5.56 Å². The number of nitrogens with one attached hydrogen (secondary N) is 1. The Morgan fingerprint density at radius 2 is 1.90 bits per heavy atom. The third-order valence-corrected chi connectivity index (χ3v) is 3.34. The Morgan fingerprint density at radius 3 is 2.52 bits per heavy atom. The molecule has 0 amide bonds. The lowest BCUT2D eigenvalue weighted by atomic mass is 10.2. The van der Waals surface area contributed by atoms with Gasteiger partial charge in [0.2, 0.25) is 0 Å². The van der Waals surface area contributed by atoms with Gasteiger partial charge < -0.3 is 10.1 Å². The van der Waals surface area contributed by atoms with E-state index in [4.69, 9.17) is 4.74 Å². The molecule has 0 fully saturated rings. The van der Waals surface area contributed by atoms with Crippen molar-refractivity contribution in [2.75, 3.05) is 6.54 Å². The monoisotopic (exact) mass is 317 g/mol. The Hall–Kier alpha value is -1.67. The number of aromatic nitrogens is 2. The summed E-state index contributed by atoms with van der Waals surface area (Å²) in [4.78, 5) is 0. The zero-order valence-electron chi connectivity index (χ0n) is 11.3. The third kappa shape index (κ3) is 4.68. The lowest BCUT2D eigenvalue weighted by Gasteiger charge is -2.07. The van der Waals surface area contributed by atoms with Gasteiger partial charge in [-0.05, 0) is 37.2 Å². The maximum Gasteiger partial charge on any atom is 0.416 e. The Bertz CT molecular complexity index is 569. The summed E-state index contributed by atoms with van der Waals surface area (Å²) in [5.41, 5.74) is -0.712. The van der Waals surface area contributed by atoms with Crippen molar-refractivity contribution in [3.63, 3.8) is 0 Å². The van der Waals surface area contributed by atoms with Crippen LogP contribution in [0.5, 0.6) is 10.9 Å². The normalized spacial score (nSPS) is 11.6. The molecule has 21 heavy (non-hydrogen) atoms. The van der Waals surface area contributed by atoms with Gasteiger partial charge in [-0.3, -0.25) is 0 Å². The number of halogens is 3. The molecule has 1 heterocycles. The third-order valence-electron chi connectivity index (χ3n) is 2.54. The Morgan fingerprint density at radius 1 is 1.19 bits per heavy atom. The number of hydrogen-bond acceptors (Lipinski definition) is 5. The lowest BCUT2D eigenvalue weighted by Crippen LogP contribution is -2.13. The predicted molar refractivity (Wildman–Crippen MR) is 73.4 cm³/mol. The van der Waals surface area contributed by atoms with Crippen LogP contribution in [0.2, 0.25) is 0 Å². The maximum absolute atomic E-state index is 12.4. The summed E-state index contributed by atoms with van der Waals surface area (Å²) >= 11 is 1.26. The van der Waals surface area contributed by atoms with Crippen LogP contribution in [0.15, 0.2) is 24.3 Å². The summed E-state index contributed by atoms with van der Waals surface area (Å²) in [7, 11) is 0. The van der Waals surface area contributed by atoms with E-state index in [1.165, 1.54) is 23.5 Å². The molecule has 0 bridgehead atoms. The molecule has 0 aliphatic rings. The molecule has 0 atom stereocenters. The zero-order chi connectivity index (χ0) is 15.3. The van der Waals surface area contributed by atoms with Crippen LogP contribution in [-0.4, -0.2) is 16.7 Å². The molecule has 8 heteroatoms. The minimum atomic E-state index is -4.35. The first-order valence-corrected chi connectivity index (χ1v) is 7.19. The second-order valence-electron chi connectivity index (χ2n) is 4.26. The molecule has 2 aromatic rings. The summed E-state index contributed by atoms with van der Waals surface area (Å²) in [6.45, 7) is 3.54. The van der Waals surface area contributed by atoms with Crippen LogP contribution in [0.3, 0.4) is 0 Å². The van der Waals surface area contributed by atoms with Gasteiger partial charge in [0.1, 0.15) is 10.8 Å². The minimum Gasteiger partial charge on any atom is -0.430 e. The Balaban J connectivity index is 1.95. The molecule has 1 aromatic heterocycles. The number of alkyl halides is 3. The minimum absolute atomic E-state index is 0.298. The van der Waals surface area contributed by atoms with Crippen molar-refractivity contribution >= 4 is 11.3 Å². The number of ether oxygens (including phenoxy) is 1. The average molecular weight is 317 g/mol. The van der Waals surface area contributed by atoms with E-state index >= 15 is 0 Å². The van der Waals surface area contributed by atoms with Crippen LogP contribution >= 0.6 is 11.3 Å². The molecule has 0 spiro atoms. The highest BCUT2D eigenvalue weighted by atomic mass is 32.1. The lowest BCUT2D eigenvalue weighted by molar-refractivity contribution is -0.137. The van der Waals surface area contributed by atoms with Crippen molar-refractivity contribution in [1.29, 1.82) is 0 Å². The number of benzene rings is 1. The average Bonchev–Trinajstić information content (AvgIpc) is 2.86. The molecule has 0 unspecified atom stereocenters. The quantitative estimate of drug-likeness (QED) is 0.822. The molecule has 1 N–H and O–H groups in total. The number of nitrogens with zero attached hydrogens (tertiary/aromatic N) is 2. The topological polar surface area (TPSA) is 47.0 Å². The van der Waals surface area contributed by atoms with Crippen molar-refractivity contribution < 1.29 is 17.9 Å². The van der Waals surface area contributed by atoms with E-state index in [0.717, 1.165) is 30.1 Å². The fraction of sp³-hybridized carbons (Fsp3) is 0.385. The molecule has 0 radical (unpaired) electrons. The van der Waals surface area contributed by atoms with E-state index in [-0.39, 0.29) is 0 Å². The van der Waals surface area contributed by atoms with Gasteiger partial charge in [-0.2, -0.15) is 13.2 Å². The molecular formula is C13H14F3N3OS. The van der Waals surface area contributed by atoms with E-state index in [1.807, 2.05) is 0 Å². The van der Waals surface area contributed by atoms with Crippen molar-refractivity contribution in [3.05, 3.63) is 34.8 Å². The summed E-state index contributed by atoms with van der Waals surface area (Å²) < 4.78 is 42.7. The molecule has 114 valence electrons. The van der Waals surface area contributed by atoms with Gasteiger partial charge in [0, 0.05) is 6.54 Å². The summed E-state index contributed by atoms with van der Waals surface area (Å²) in [6, 6.07) is 4.47. The Kier molecular flexibility index (Phi) is 5.13. The fourth-order valence-electron chi connectivity index (χ4n) is 1.54. The van der Waals surface area contributed by atoms with Crippen LogP contribution in [0.4, 0.5) is 13.2 Å². The van der Waals surface area contributed by atoms with Gasteiger partial charge in [-0.15, -0.1) is 5.10 Å². The number of hydrogen-bond donors (Lipinski definition) is 1. The van der Waals surface area contributed by atoms with Crippen LogP contribution in [0, 0.1) is 0 Å². The van der Waals surface area contributed by atoms with E-state index in [1.54, 1.807) is 0 Å². The first kappa shape index (κ1) is 15.7. The highest BCUT2D eigenvalue weighted by molar-refractivity contribution is 7.13. The van der Waals surface area contributed by atoms with E-state index in [2.05, 4.69) is 22.4 Å². The SMILES string of the molecule is CCCNCc1nnc(Oc2ccc(C(F)(F)F)cc2)s1. The van der Waals surface area contributed by atoms with E-state index in [9.17, 15) is 13.2 Å². The summed E-state index contributed by atoms with van der Waals surface area (Å²) in [5, 5.41) is 12.0. The van der Waals surface area contributed by atoms with E-state index in [0.29, 0.717) is 17.5 Å². The predicted octanol–water partition coefficient (Wildman–Crippen LogP) is 3.85. The van der Waals surface area contributed by atoms with Gasteiger partial charge in [0.15, 0.2) is 0 Å². The molecular weight excluding hydrogens is 303 g/mol. The molecule has 2 rings (SSSR count). The van der Waals surface area contributed by atoms with Crippen LogP contribution < -0.4 is 10.1 Å². The molecule has 0 aliphatic carbocycles. The molecule has 0 aliphatic heterocycles. The second kappa shape index (κ2) is 6.86. The van der Waals surface area contributed by atoms with Crippen molar-refractivity contribution in [1.82, 2.24) is 15.5 Å². The summed E-state index contributed by atoms with van der Waals surface area (Å²) in [5.74, 6) is 0.298. The van der Waals surface area contributed by atoms with Crippen LogP contribution in [0.25, 0.3) is 0 Å². The van der Waals surface area contributed by atoms with Gasteiger partial charge in [-0.25, -0.2) is 0 Å². The van der Waals surface area contributed by atoms with Crippen LogP contribution in [0.1, 0.15) is 23.9 Å². The zero-order valence-corrected chi connectivity index (χ0v) is 12.1.